The largest absolute Gasteiger partial charge is 0.380 e. The number of nitrogens with one attached hydrogen (secondary N) is 1. The van der Waals surface area contributed by atoms with Gasteiger partial charge >= 0.3 is 0 Å². The number of halogens is 1. The van der Waals surface area contributed by atoms with Gasteiger partial charge in [0.1, 0.15) is 5.03 Å². The van der Waals surface area contributed by atoms with Crippen molar-refractivity contribution in [2.24, 2.45) is 0 Å². The first-order chi connectivity index (χ1) is 17.1. The highest BCUT2D eigenvalue weighted by Gasteiger charge is 2.61. The normalized spacial score (nSPS) is 24.6. The molecule has 3 fully saturated rings. The van der Waals surface area contributed by atoms with Crippen LogP contribution in [0.5, 0.6) is 0 Å². The summed E-state index contributed by atoms with van der Waals surface area (Å²) in [7, 11) is -2.53. The summed E-state index contributed by atoms with van der Waals surface area (Å²) in [5.41, 5.74) is -1.24. The molecule has 3 aliphatic heterocycles. The van der Waals surface area contributed by atoms with Gasteiger partial charge < -0.3 is 24.3 Å². The minimum absolute atomic E-state index is 0.0101. The Kier molecular flexibility index (Phi) is 6.57. The Morgan fingerprint density at radius 2 is 1.97 bits per heavy atom. The standard InChI is InChI=1S/C24H31ClN4O6S/c1-3-4-21(30)27-9-7-23(8-10-27)14-29-22(31)13-28(15-24(29,35-23)16-34-2)36(32,33)20-12-17-11-18(25)5-6-19(17)26-20/h5-6,11-12,26H,3-4,7-10,13-16H2,1-2H3. The number of aromatic amines is 1. The van der Waals surface area contributed by atoms with Gasteiger partial charge in [-0.15, -0.1) is 0 Å². The number of piperidine rings is 1. The van der Waals surface area contributed by atoms with Gasteiger partial charge in [0.2, 0.25) is 11.8 Å². The topological polar surface area (TPSA) is 112 Å². The summed E-state index contributed by atoms with van der Waals surface area (Å²) in [5.74, 6) is -0.204. The van der Waals surface area contributed by atoms with Crippen molar-refractivity contribution in [2.75, 3.05) is 46.4 Å². The van der Waals surface area contributed by atoms with Crippen LogP contribution in [0.15, 0.2) is 29.3 Å². The van der Waals surface area contributed by atoms with Gasteiger partial charge in [-0.2, -0.15) is 4.31 Å². The number of ether oxygens (including phenoxy) is 2. The molecule has 1 unspecified atom stereocenters. The molecule has 196 valence electrons. The Balaban J connectivity index is 1.40. The quantitative estimate of drug-likeness (QED) is 0.603. The van der Waals surface area contributed by atoms with Crippen molar-refractivity contribution >= 4 is 44.3 Å². The average molecular weight is 539 g/mol. The van der Waals surface area contributed by atoms with Gasteiger partial charge in [0.25, 0.3) is 10.0 Å². The van der Waals surface area contributed by atoms with E-state index >= 15 is 0 Å². The molecule has 1 N–H and O–H groups in total. The Hall–Kier alpha value is -2.18. The molecule has 2 aromatic rings. The van der Waals surface area contributed by atoms with Crippen LogP contribution in [-0.4, -0.2) is 97.1 Å². The molecule has 0 radical (unpaired) electrons. The van der Waals surface area contributed by atoms with E-state index in [1.165, 1.54) is 13.2 Å². The summed E-state index contributed by atoms with van der Waals surface area (Å²) in [6.45, 7) is 3.12. The molecule has 1 aromatic carbocycles. The van der Waals surface area contributed by atoms with E-state index in [9.17, 15) is 18.0 Å². The first-order valence-corrected chi connectivity index (χ1v) is 14.0. The number of nitrogens with zero attached hydrogens (tertiary/aromatic N) is 3. The first kappa shape index (κ1) is 25.5. The summed E-state index contributed by atoms with van der Waals surface area (Å²) in [4.78, 5) is 32.1. The highest BCUT2D eigenvalue weighted by molar-refractivity contribution is 7.89. The molecule has 5 rings (SSSR count). The van der Waals surface area contributed by atoms with E-state index in [0.29, 0.717) is 54.8 Å². The molecule has 0 saturated carbocycles. The molecule has 36 heavy (non-hydrogen) atoms. The number of aromatic nitrogens is 1. The summed E-state index contributed by atoms with van der Waals surface area (Å²) >= 11 is 6.06. The predicted octanol–water partition coefficient (Wildman–Crippen LogP) is 2.19. The van der Waals surface area contributed by atoms with Crippen molar-refractivity contribution in [3.63, 3.8) is 0 Å². The van der Waals surface area contributed by atoms with E-state index in [1.807, 2.05) is 11.8 Å². The van der Waals surface area contributed by atoms with Gasteiger partial charge in [-0.3, -0.25) is 9.59 Å². The third kappa shape index (κ3) is 4.30. The molecule has 10 nitrogen and oxygen atoms in total. The Bertz CT molecular complexity index is 1290. The lowest BCUT2D eigenvalue weighted by Crippen LogP contribution is -2.65. The van der Waals surface area contributed by atoms with Gasteiger partial charge in [-0.1, -0.05) is 18.5 Å². The number of H-pyrrole nitrogens is 1. The van der Waals surface area contributed by atoms with Crippen LogP contribution in [0.3, 0.4) is 0 Å². The summed E-state index contributed by atoms with van der Waals surface area (Å²) < 4.78 is 40.5. The molecule has 1 aromatic heterocycles. The fourth-order valence-corrected chi connectivity index (χ4v) is 7.25. The number of hydrogen-bond donors (Lipinski definition) is 1. The van der Waals surface area contributed by atoms with Crippen LogP contribution in [0.1, 0.15) is 32.6 Å². The van der Waals surface area contributed by atoms with E-state index in [4.69, 9.17) is 21.1 Å². The van der Waals surface area contributed by atoms with E-state index in [-0.39, 0.29) is 36.5 Å². The zero-order valence-corrected chi connectivity index (χ0v) is 22.0. The number of fused-ring (bicyclic) bond motifs is 2. The van der Waals surface area contributed by atoms with Crippen molar-refractivity contribution in [1.82, 2.24) is 19.1 Å². The second kappa shape index (κ2) is 9.29. The number of amides is 2. The number of hydrogen-bond acceptors (Lipinski definition) is 6. The molecule has 4 heterocycles. The number of benzene rings is 1. The molecule has 2 amide bonds. The lowest BCUT2D eigenvalue weighted by atomic mass is 9.91. The minimum atomic E-state index is -4.03. The summed E-state index contributed by atoms with van der Waals surface area (Å²) in [6.07, 6.45) is 2.46. The van der Waals surface area contributed by atoms with Gasteiger partial charge in [0.15, 0.2) is 5.72 Å². The lowest BCUT2D eigenvalue weighted by molar-refractivity contribution is -0.197. The van der Waals surface area contributed by atoms with Crippen LogP contribution >= 0.6 is 11.6 Å². The minimum Gasteiger partial charge on any atom is -0.380 e. The highest BCUT2D eigenvalue weighted by Crippen LogP contribution is 2.44. The second-order valence-electron chi connectivity index (χ2n) is 9.91. The maximum Gasteiger partial charge on any atom is 0.259 e. The zero-order valence-electron chi connectivity index (χ0n) is 20.5. The number of carbonyl (C=O) groups excluding carboxylic acids is 2. The Labute approximate surface area is 215 Å². The van der Waals surface area contributed by atoms with Crippen molar-refractivity contribution < 1.29 is 27.5 Å². The van der Waals surface area contributed by atoms with Gasteiger partial charge in [0, 0.05) is 42.5 Å². The maximum atomic E-state index is 13.6. The molecular formula is C24H31ClN4O6S. The molecule has 0 aliphatic carbocycles. The van der Waals surface area contributed by atoms with Crippen molar-refractivity contribution in [3.8, 4) is 0 Å². The molecule has 1 atom stereocenters. The van der Waals surface area contributed by atoms with Crippen molar-refractivity contribution in [1.29, 1.82) is 0 Å². The van der Waals surface area contributed by atoms with Crippen LogP contribution in [0.2, 0.25) is 5.02 Å². The second-order valence-corrected chi connectivity index (χ2v) is 12.3. The average Bonchev–Trinajstić information content (AvgIpc) is 3.39. The number of methoxy groups -OCH3 is 1. The van der Waals surface area contributed by atoms with Crippen LogP contribution in [0, 0.1) is 0 Å². The number of carbonyl (C=O) groups is 2. The van der Waals surface area contributed by atoms with Crippen LogP contribution < -0.4 is 0 Å². The van der Waals surface area contributed by atoms with Gasteiger partial charge in [-0.05, 0) is 43.5 Å². The highest BCUT2D eigenvalue weighted by atomic mass is 35.5. The monoisotopic (exact) mass is 538 g/mol. The third-order valence-electron chi connectivity index (χ3n) is 7.42. The molecule has 3 aliphatic rings. The molecule has 3 saturated heterocycles. The van der Waals surface area contributed by atoms with Crippen LogP contribution in [0.4, 0.5) is 0 Å². The molecule has 0 bridgehead atoms. The summed E-state index contributed by atoms with van der Waals surface area (Å²) in [6, 6.07) is 6.60. The van der Waals surface area contributed by atoms with E-state index in [1.54, 1.807) is 23.1 Å². The molecule has 12 heteroatoms. The zero-order chi connectivity index (χ0) is 25.7. The number of piperazine rings is 1. The van der Waals surface area contributed by atoms with Crippen molar-refractivity contribution in [3.05, 3.63) is 29.3 Å². The van der Waals surface area contributed by atoms with E-state index < -0.39 is 21.3 Å². The van der Waals surface area contributed by atoms with Crippen LogP contribution in [0.25, 0.3) is 10.9 Å². The third-order valence-corrected chi connectivity index (χ3v) is 9.37. The fraction of sp³-hybridized carbons (Fsp3) is 0.583. The molecular weight excluding hydrogens is 508 g/mol. The maximum absolute atomic E-state index is 13.6. The SMILES string of the molecule is CCCC(=O)N1CCC2(CC1)CN1C(=O)CN(S(=O)(=O)c3cc4cc(Cl)ccc4[nH]3)CC1(COC)O2. The summed E-state index contributed by atoms with van der Waals surface area (Å²) in [5, 5.41) is 1.16. The van der Waals surface area contributed by atoms with E-state index in [0.717, 1.165) is 10.7 Å². The van der Waals surface area contributed by atoms with Gasteiger partial charge in [0.05, 0.1) is 31.8 Å². The Morgan fingerprint density at radius 1 is 1.22 bits per heavy atom. The Morgan fingerprint density at radius 3 is 2.67 bits per heavy atom. The smallest absolute Gasteiger partial charge is 0.259 e. The van der Waals surface area contributed by atoms with Crippen LogP contribution in [-0.2, 0) is 29.1 Å². The van der Waals surface area contributed by atoms with Gasteiger partial charge in [-0.25, -0.2) is 8.42 Å². The molecule has 1 spiro atoms. The van der Waals surface area contributed by atoms with Crippen molar-refractivity contribution in [2.45, 2.75) is 49.0 Å². The van der Waals surface area contributed by atoms with E-state index in [2.05, 4.69) is 4.98 Å². The predicted molar refractivity (Wildman–Crippen MR) is 133 cm³/mol. The fourth-order valence-electron chi connectivity index (χ4n) is 5.62. The number of sulfonamides is 1. The number of likely N-dealkylation sites (tertiary alicyclic amines) is 1. The lowest BCUT2D eigenvalue weighted by Gasteiger charge is -2.44. The first-order valence-electron chi connectivity index (χ1n) is 12.2. The number of rotatable bonds is 6.